The first-order valence-electron chi connectivity index (χ1n) is 7.15. The van der Waals surface area contributed by atoms with E-state index in [4.69, 9.17) is 5.73 Å². The van der Waals surface area contributed by atoms with E-state index in [1.54, 1.807) is 0 Å². The molecule has 1 saturated heterocycles. The Balaban J connectivity index is 1.80. The first-order valence-corrected chi connectivity index (χ1v) is 7.94. The van der Waals surface area contributed by atoms with Crippen LogP contribution in [0, 0.1) is 5.92 Å². The minimum atomic E-state index is 0.0562. The molecule has 110 valence electrons. The number of rotatable bonds is 5. The van der Waals surface area contributed by atoms with Crippen molar-refractivity contribution in [3.05, 3.63) is 28.7 Å². The number of likely N-dealkylation sites (tertiary alicyclic amines) is 1. The van der Waals surface area contributed by atoms with E-state index in [-0.39, 0.29) is 5.91 Å². The highest BCUT2D eigenvalue weighted by Gasteiger charge is 2.20. The van der Waals surface area contributed by atoms with E-state index >= 15 is 0 Å². The molecule has 1 aliphatic heterocycles. The number of hydrogen-bond acceptors (Lipinski definition) is 3. The summed E-state index contributed by atoms with van der Waals surface area (Å²) in [5, 5.41) is 2.94. The molecule has 1 atom stereocenters. The van der Waals surface area contributed by atoms with Gasteiger partial charge in [-0.05, 0) is 62.5 Å². The summed E-state index contributed by atoms with van der Waals surface area (Å²) in [5.74, 6) is 0.704. The molecule has 0 radical (unpaired) electrons. The summed E-state index contributed by atoms with van der Waals surface area (Å²) in [6, 6.07) is 7.65. The van der Waals surface area contributed by atoms with E-state index in [0.717, 1.165) is 42.6 Å². The quantitative estimate of drug-likeness (QED) is 0.866. The molecular formula is C15H22BrN3O. The number of benzene rings is 1. The second-order valence-corrected chi connectivity index (χ2v) is 6.29. The van der Waals surface area contributed by atoms with Crippen LogP contribution in [0.25, 0.3) is 0 Å². The maximum atomic E-state index is 12.0. The Bertz CT molecular complexity index is 433. The maximum Gasteiger partial charge on any atom is 0.238 e. The largest absolute Gasteiger partial charge is 0.330 e. The summed E-state index contributed by atoms with van der Waals surface area (Å²) < 4.78 is 1.01. The van der Waals surface area contributed by atoms with Gasteiger partial charge in [0, 0.05) is 16.7 Å². The highest BCUT2D eigenvalue weighted by molar-refractivity contribution is 9.10. The van der Waals surface area contributed by atoms with E-state index in [0.29, 0.717) is 12.5 Å². The molecule has 1 heterocycles. The molecule has 1 aromatic carbocycles. The Labute approximate surface area is 128 Å². The Hall–Kier alpha value is -0.910. The molecular weight excluding hydrogens is 318 g/mol. The van der Waals surface area contributed by atoms with Gasteiger partial charge in [-0.1, -0.05) is 15.9 Å². The second kappa shape index (κ2) is 7.76. The zero-order chi connectivity index (χ0) is 14.4. The number of carbonyl (C=O) groups is 1. The lowest BCUT2D eigenvalue weighted by atomic mass is 9.95. The molecule has 2 rings (SSSR count). The van der Waals surface area contributed by atoms with Crippen LogP contribution in [0.15, 0.2) is 28.7 Å². The summed E-state index contributed by atoms with van der Waals surface area (Å²) in [6.45, 7) is 3.21. The minimum absolute atomic E-state index is 0.0562. The fourth-order valence-corrected chi connectivity index (χ4v) is 2.97. The standard InChI is InChI=1S/C15H22BrN3O/c16-13-3-5-14(6-4-13)18-15(20)11-19-9-1-2-12(10-19)7-8-17/h3-6,12H,1-2,7-11,17H2,(H,18,20). The third-order valence-electron chi connectivity index (χ3n) is 3.67. The molecule has 0 aromatic heterocycles. The topological polar surface area (TPSA) is 58.4 Å². The number of anilines is 1. The molecule has 20 heavy (non-hydrogen) atoms. The average molecular weight is 340 g/mol. The smallest absolute Gasteiger partial charge is 0.238 e. The number of carbonyl (C=O) groups excluding carboxylic acids is 1. The van der Waals surface area contributed by atoms with Crippen molar-refractivity contribution in [2.45, 2.75) is 19.3 Å². The van der Waals surface area contributed by atoms with Crippen molar-refractivity contribution in [2.24, 2.45) is 11.7 Å². The van der Waals surface area contributed by atoms with Crippen LogP contribution in [-0.2, 0) is 4.79 Å². The molecule has 1 unspecified atom stereocenters. The van der Waals surface area contributed by atoms with E-state index in [1.165, 1.54) is 6.42 Å². The predicted octanol–water partition coefficient (Wildman–Crippen LogP) is 2.45. The van der Waals surface area contributed by atoms with Gasteiger partial charge in [0.15, 0.2) is 0 Å². The zero-order valence-corrected chi connectivity index (χ0v) is 13.2. The highest BCUT2D eigenvalue weighted by atomic mass is 79.9. The van der Waals surface area contributed by atoms with Crippen molar-refractivity contribution < 1.29 is 4.79 Å². The SMILES string of the molecule is NCCC1CCCN(CC(=O)Nc2ccc(Br)cc2)C1. The number of hydrogen-bond donors (Lipinski definition) is 2. The molecule has 0 saturated carbocycles. The summed E-state index contributed by atoms with van der Waals surface area (Å²) in [5.41, 5.74) is 6.46. The van der Waals surface area contributed by atoms with Crippen LogP contribution in [0.3, 0.4) is 0 Å². The van der Waals surface area contributed by atoms with E-state index in [2.05, 4.69) is 26.1 Å². The molecule has 1 fully saturated rings. The van der Waals surface area contributed by atoms with Crippen molar-refractivity contribution in [2.75, 3.05) is 31.5 Å². The Morgan fingerprint density at radius 1 is 1.40 bits per heavy atom. The van der Waals surface area contributed by atoms with Gasteiger partial charge in [-0.15, -0.1) is 0 Å². The van der Waals surface area contributed by atoms with Crippen LogP contribution >= 0.6 is 15.9 Å². The normalized spacial score (nSPS) is 19.8. The molecule has 0 bridgehead atoms. The van der Waals surface area contributed by atoms with Crippen molar-refractivity contribution >= 4 is 27.5 Å². The summed E-state index contributed by atoms with van der Waals surface area (Å²) in [7, 11) is 0. The van der Waals surface area contributed by atoms with Crippen molar-refractivity contribution in [1.29, 1.82) is 0 Å². The molecule has 5 heteroatoms. The van der Waals surface area contributed by atoms with Gasteiger partial charge >= 0.3 is 0 Å². The maximum absolute atomic E-state index is 12.0. The second-order valence-electron chi connectivity index (χ2n) is 5.38. The van der Waals surface area contributed by atoms with Crippen molar-refractivity contribution in [3.8, 4) is 0 Å². The van der Waals surface area contributed by atoms with E-state index in [1.807, 2.05) is 24.3 Å². The first kappa shape index (κ1) is 15.5. The molecule has 4 nitrogen and oxygen atoms in total. The highest BCUT2D eigenvalue weighted by Crippen LogP contribution is 2.19. The molecule has 0 spiro atoms. The average Bonchev–Trinajstić information content (AvgIpc) is 2.42. The van der Waals surface area contributed by atoms with Gasteiger partial charge < -0.3 is 11.1 Å². The number of nitrogens with zero attached hydrogens (tertiary/aromatic N) is 1. The van der Waals surface area contributed by atoms with Gasteiger partial charge in [0.2, 0.25) is 5.91 Å². The zero-order valence-electron chi connectivity index (χ0n) is 11.6. The van der Waals surface area contributed by atoms with E-state index < -0.39 is 0 Å². The number of amides is 1. The lowest BCUT2D eigenvalue weighted by molar-refractivity contribution is -0.117. The predicted molar refractivity (Wildman–Crippen MR) is 85.6 cm³/mol. The van der Waals surface area contributed by atoms with Crippen molar-refractivity contribution in [1.82, 2.24) is 4.90 Å². The lowest BCUT2D eigenvalue weighted by Crippen LogP contribution is -2.40. The number of nitrogens with one attached hydrogen (secondary N) is 1. The van der Waals surface area contributed by atoms with Gasteiger partial charge in [0.25, 0.3) is 0 Å². The van der Waals surface area contributed by atoms with Gasteiger partial charge in [-0.2, -0.15) is 0 Å². The summed E-state index contributed by atoms with van der Waals surface area (Å²) >= 11 is 3.38. The van der Waals surface area contributed by atoms with Gasteiger partial charge in [-0.25, -0.2) is 0 Å². The molecule has 3 N–H and O–H groups in total. The third-order valence-corrected chi connectivity index (χ3v) is 4.20. The summed E-state index contributed by atoms with van der Waals surface area (Å²) in [4.78, 5) is 14.3. The number of piperidine rings is 1. The number of halogens is 1. The van der Waals surface area contributed by atoms with Crippen LogP contribution in [-0.4, -0.2) is 37.0 Å². The van der Waals surface area contributed by atoms with Crippen LogP contribution in [0.2, 0.25) is 0 Å². The number of nitrogens with two attached hydrogens (primary N) is 1. The first-order chi connectivity index (χ1) is 9.67. The van der Waals surface area contributed by atoms with Crippen LogP contribution in [0.1, 0.15) is 19.3 Å². The van der Waals surface area contributed by atoms with Crippen molar-refractivity contribution in [3.63, 3.8) is 0 Å². The van der Waals surface area contributed by atoms with Gasteiger partial charge in [0.1, 0.15) is 0 Å². The Morgan fingerprint density at radius 3 is 2.85 bits per heavy atom. The fraction of sp³-hybridized carbons (Fsp3) is 0.533. The molecule has 1 aromatic rings. The van der Waals surface area contributed by atoms with E-state index in [9.17, 15) is 4.79 Å². The third kappa shape index (κ3) is 4.89. The Kier molecular flexibility index (Phi) is 6.01. The van der Waals surface area contributed by atoms with Crippen LogP contribution < -0.4 is 11.1 Å². The molecule has 1 amide bonds. The van der Waals surface area contributed by atoms with Gasteiger partial charge in [0.05, 0.1) is 6.54 Å². The van der Waals surface area contributed by atoms with Crippen LogP contribution in [0.5, 0.6) is 0 Å². The minimum Gasteiger partial charge on any atom is -0.330 e. The monoisotopic (exact) mass is 339 g/mol. The lowest BCUT2D eigenvalue weighted by Gasteiger charge is -2.32. The molecule has 1 aliphatic rings. The molecule has 0 aliphatic carbocycles. The van der Waals surface area contributed by atoms with Crippen LogP contribution in [0.4, 0.5) is 5.69 Å². The fourth-order valence-electron chi connectivity index (χ4n) is 2.70. The summed E-state index contributed by atoms with van der Waals surface area (Å²) in [6.07, 6.45) is 3.46. The van der Waals surface area contributed by atoms with Gasteiger partial charge in [-0.3, -0.25) is 9.69 Å². The Morgan fingerprint density at radius 2 is 2.15 bits per heavy atom.